The molecule has 0 aromatic carbocycles. The van der Waals surface area contributed by atoms with Gasteiger partial charge in [0.05, 0.1) is 6.04 Å². The number of aliphatic imine (C=N–C) groups is 1. The SMILES string of the molecule is CSCCC(N)C(=O)NC(CCCN=C(N)N)C(=O)NC(CCSC)C(=O)NC(CCC(=O)O)C(=O)O. The van der Waals surface area contributed by atoms with E-state index in [0.29, 0.717) is 24.3 Å². The lowest BCUT2D eigenvalue weighted by molar-refractivity contribution is -0.143. The molecule has 4 unspecified atom stereocenters. The monoisotopic (exact) mass is 565 g/mol. The molecule has 0 aliphatic carbocycles. The van der Waals surface area contributed by atoms with Gasteiger partial charge in [-0.3, -0.25) is 24.2 Å². The molecule has 0 saturated carbocycles. The Bertz CT molecular complexity index is 797. The highest BCUT2D eigenvalue weighted by molar-refractivity contribution is 7.98. The number of nitrogens with one attached hydrogen (secondary N) is 3. The fraction of sp³-hybridized carbons (Fsp3) is 0.714. The Hall–Kier alpha value is -2.72. The summed E-state index contributed by atoms with van der Waals surface area (Å²) in [4.78, 5) is 64.7. The second kappa shape index (κ2) is 19.4. The normalized spacial score (nSPS) is 13.9. The molecule has 3 amide bonds. The van der Waals surface area contributed by atoms with Crippen LogP contribution in [0.2, 0.25) is 0 Å². The third kappa shape index (κ3) is 15.9. The molecule has 16 heteroatoms. The average Bonchev–Trinajstić information content (AvgIpc) is 2.83. The Morgan fingerprint density at radius 2 is 1.30 bits per heavy atom. The molecule has 4 atom stereocenters. The van der Waals surface area contributed by atoms with Crippen molar-refractivity contribution in [3.8, 4) is 0 Å². The fourth-order valence-electron chi connectivity index (χ4n) is 3.00. The van der Waals surface area contributed by atoms with Crippen LogP contribution in [-0.2, 0) is 24.0 Å². The summed E-state index contributed by atoms with van der Waals surface area (Å²) in [6.07, 6.45) is 3.96. The van der Waals surface area contributed by atoms with Crippen LogP contribution in [0, 0.1) is 0 Å². The first kappa shape index (κ1) is 34.3. The van der Waals surface area contributed by atoms with E-state index < -0.39 is 60.2 Å². The minimum atomic E-state index is -1.44. The number of rotatable bonds is 20. The molecule has 0 bridgehead atoms. The standard InChI is InChI=1S/C21H39N7O7S2/c1-36-10-7-12(22)17(31)26-13(4-3-9-25-21(23)24)18(32)27-14(8-11-37-2)19(33)28-15(20(34)35)5-6-16(29)30/h12-15H,3-11,22H2,1-2H3,(H,26,31)(H,27,32)(H,28,33)(H,29,30)(H,34,35)(H4,23,24,25). The lowest BCUT2D eigenvalue weighted by Gasteiger charge is -2.25. The number of carbonyl (C=O) groups excluding carboxylic acids is 3. The number of carboxylic acid groups (broad SMARTS) is 2. The van der Waals surface area contributed by atoms with Gasteiger partial charge in [0.15, 0.2) is 5.96 Å². The van der Waals surface area contributed by atoms with Crippen LogP contribution in [0.1, 0.15) is 38.5 Å². The molecule has 0 aromatic rings. The van der Waals surface area contributed by atoms with E-state index in [9.17, 15) is 29.1 Å². The molecular weight excluding hydrogens is 526 g/mol. The molecular formula is C21H39N7O7S2. The first-order valence-electron chi connectivity index (χ1n) is 11.6. The summed E-state index contributed by atoms with van der Waals surface area (Å²) in [7, 11) is 0. The Morgan fingerprint density at radius 3 is 1.81 bits per heavy atom. The predicted molar refractivity (Wildman–Crippen MR) is 144 cm³/mol. The molecule has 212 valence electrons. The second-order valence-corrected chi connectivity index (χ2v) is 10.0. The third-order valence-corrected chi connectivity index (χ3v) is 6.34. The Balaban J connectivity index is 5.55. The lowest BCUT2D eigenvalue weighted by Crippen LogP contribution is -2.57. The largest absolute Gasteiger partial charge is 0.481 e. The summed E-state index contributed by atoms with van der Waals surface area (Å²) in [6, 6.07) is -4.44. The Labute approximate surface area is 224 Å². The van der Waals surface area contributed by atoms with Crippen LogP contribution in [0.4, 0.5) is 0 Å². The van der Waals surface area contributed by atoms with Gasteiger partial charge in [0, 0.05) is 13.0 Å². The fourth-order valence-corrected chi connectivity index (χ4v) is 3.96. The number of amides is 3. The quantitative estimate of drug-likeness (QED) is 0.0466. The van der Waals surface area contributed by atoms with Gasteiger partial charge < -0.3 is 43.4 Å². The van der Waals surface area contributed by atoms with E-state index in [1.54, 1.807) is 6.26 Å². The van der Waals surface area contributed by atoms with Crippen molar-refractivity contribution in [1.29, 1.82) is 0 Å². The number of carbonyl (C=O) groups is 5. The molecule has 11 N–H and O–H groups in total. The predicted octanol–water partition coefficient (Wildman–Crippen LogP) is -1.72. The van der Waals surface area contributed by atoms with E-state index in [0.717, 1.165) is 0 Å². The second-order valence-electron chi connectivity index (χ2n) is 8.07. The lowest BCUT2D eigenvalue weighted by atomic mass is 10.1. The van der Waals surface area contributed by atoms with Crippen LogP contribution in [0.3, 0.4) is 0 Å². The van der Waals surface area contributed by atoms with Crippen molar-refractivity contribution in [1.82, 2.24) is 16.0 Å². The van der Waals surface area contributed by atoms with Gasteiger partial charge in [-0.15, -0.1) is 0 Å². The minimum absolute atomic E-state index is 0.117. The number of aliphatic carboxylic acids is 2. The van der Waals surface area contributed by atoms with Gasteiger partial charge in [-0.2, -0.15) is 23.5 Å². The smallest absolute Gasteiger partial charge is 0.326 e. The van der Waals surface area contributed by atoms with Crippen LogP contribution in [-0.4, -0.2) is 101 Å². The van der Waals surface area contributed by atoms with E-state index in [1.165, 1.54) is 23.5 Å². The molecule has 37 heavy (non-hydrogen) atoms. The number of hydrogen-bond donors (Lipinski definition) is 8. The topological polar surface area (TPSA) is 252 Å². The molecule has 0 radical (unpaired) electrons. The van der Waals surface area contributed by atoms with Gasteiger partial charge in [-0.25, -0.2) is 4.79 Å². The van der Waals surface area contributed by atoms with Crippen molar-refractivity contribution < 1.29 is 34.2 Å². The highest BCUT2D eigenvalue weighted by Crippen LogP contribution is 2.07. The Kier molecular flexibility index (Phi) is 18.0. The van der Waals surface area contributed by atoms with E-state index in [2.05, 4.69) is 20.9 Å². The number of hydrogen-bond acceptors (Lipinski definition) is 9. The van der Waals surface area contributed by atoms with E-state index >= 15 is 0 Å². The van der Waals surface area contributed by atoms with Crippen molar-refractivity contribution >= 4 is 59.1 Å². The zero-order valence-electron chi connectivity index (χ0n) is 21.1. The number of nitrogens with zero attached hydrogens (tertiary/aromatic N) is 1. The van der Waals surface area contributed by atoms with Crippen LogP contribution in [0.15, 0.2) is 4.99 Å². The van der Waals surface area contributed by atoms with Crippen molar-refractivity contribution in [3.63, 3.8) is 0 Å². The molecule has 0 aromatic heterocycles. The first-order valence-corrected chi connectivity index (χ1v) is 14.4. The minimum Gasteiger partial charge on any atom is -0.481 e. The van der Waals surface area contributed by atoms with Gasteiger partial charge >= 0.3 is 11.9 Å². The summed E-state index contributed by atoms with van der Waals surface area (Å²) in [5, 5.41) is 25.7. The third-order valence-electron chi connectivity index (χ3n) is 5.05. The summed E-state index contributed by atoms with van der Waals surface area (Å²) >= 11 is 2.94. The number of nitrogens with two attached hydrogens (primary N) is 3. The molecule has 0 aliphatic heterocycles. The number of guanidine groups is 1. The van der Waals surface area contributed by atoms with Crippen LogP contribution >= 0.6 is 23.5 Å². The zero-order chi connectivity index (χ0) is 28.4. The van der Waals surface area contributed by atoms with Gasteiger partial charge in [0.25, 0.3) is 0 Å². The van der Waals surface area contributed by atoms with Crippen molar-refractivity contribution in [2.45, 2.75) is 62.7 Å². The van der Waals surface area contributed by atoms with Crippen LogP contribution in [0.5, 0.6) is 0 Å². The van der Waals surface area contributed by atoms with Gasteiger partial charge in [-0.05, 0) is 56.1 Å². The molecule has 0 spiro atoms. The van der Waals surface area contributed by atoms with E-state index in [-0.39, 0.29) is 31.8 Å². The molecule has 14 nitrogen and oxygen atoms in total. The number of thioether (sulfide) groups is 2. The summed E-state index contributed by atoms with van der Waals surface area (Å²) < 4.78 is 0. The number of carboxylic acids is 2. The maximum absolute atomic E-state index is 13.1. The van der Waals surface area contributed by atoms with Crippen LogP contribution in [0.25, 0.3) is 0 Å². The van der Waals surface area contributed by atoms with Crippen molar-refractivity contribution in [2.75, 3.05) is 30.6 Å². The Morgan fingerprint density at radius 1 is 0.784 bits per heavy atom. The van der Waals surface area contributed by atoms with Crippen molar-refractivity contribution in [2.24, 2.45) is 22.2 Å². The maximum Gasteiger partial charge on any atom is 0.326 e. The van der Waals surface area contributed by atoms with Gasteiger partial charge in [0.2, 0.25) is 17.7 Å². The summed E-state index contributed by atoms with van der Waals surface area (Å²) in [6.45, 7) is 0.209. The summed E-state index contributed by atoms with van der Waals surface area (Å²) in [5.41, 5.74) is 16.6. The van der Waals surface area contributed by atoms with Gasteiger partial charge in [-0.1, -0.05) is 0 Å². The van der Waals surface area contributed by atoms with E-state index in [4.69, 9.17) is 22.3 Å². The maximum atomic E-state index is 13.1. The molecule has 0 heterocycles. The molecule has 0 aliphatic rings. The molecule has 0 rings (SSSR count). The highest BCUT2D eigenvalue weighted by atomic mass is 32.2. The molecule has 0 fully saturated rings. The van der Waals surface area contributed by atoms with Gasteiger partial charge in [0.1, 0.15) is 18.1 Å². The summed E-state index contributed by atoms with van der Waals surface area (Å²) in [5.74, 6) is -3.56. The molecule has 0 saturated heterocycles. The first-order chi connectivity index (χ1) is 17.4. The van der Waals surface area contributed by atoms with Crippen molar-refractivity contribution in [3.05, 3.63) is 0 Å². The average molecular weight is 566 g/mol. The highest BCUT2D eigenvalue weighted by Gasteiger charge is 2.30. The van der Waals surface area contributed by atoms with E-state index in [1.807, 2.05) is 6.26 Å². The van der Waals surface area contributed by atoms with Crippen LogP contribution < -0.4 is 33.2 Å². The zero-order valence-corrected chi connectivity index (χ0v) is 22.7.